The number of hydrogen-bond donors (Lipinski definition) is 1. The van der Waals surface area contributed by atoms with E-state index in [1.54, 1.807) is 12.4 Å². The second kappa shape index (κ2) is 6.96. The molecule has 1 N–H and O–H groups in total. The van der Waals surface area contributed by atoms with Gasteiger partial charge in [-0.05, 0) is 25.0 Å². The number of nitrogens with one attached hydrogen (secondary N) is 1. The van der Waals surface area contributed by atoms with Crippen LogP contribution in [0.4, 0.5) is 10.3 Å². The fourth-order valence-corrected chi connectivity index (χ4v) is 3.89. The van der Waals surface area contributed by atoms with Gasteiger partial charge in [-0.25, -0.2) is 14.4 Å². The third kappa shape index (κ3) is 3.44. The van der Waals surface area contributed by atoms with E-state index in [4.69, 9.17) is 4.74 Å². The Bertz CT molecular complexity index is 704. The standard InChI is InChI=1S/C19H23FN4O/c20-8-13-24-11-6-19(7-12-24)14-16(23-18-21-9-3-10-22-18)15-4-1-2-5-17(15)25-19/h1-5,9-10,16H,6-8,11-14H2,(H,21,22,23)/t16-/m1/s1. The van der Waals surface area contributed by atoms with E-state index in [-0.39, 0.29) is 18.3 Å². The molecule has 1 fully saturated rings. The van der Waals surface area contributed by atoms with Crippen LogP contribution in [0.25, 0.3) is 0 Å². The molecular weight excluding hydrogens is 319 g/mol. The zero-order valence-corrected chi connectivity index (χ0v) is 14.2. The van der Waals surface area contributed by atoms with E-state index < -0.39 is 0 Å². The van der Waals surface area contributed by atoms with Crippen LogP contribution in [0.1, 0.15) is 30.9 Å². The predicted octanol–water partition coefficient (Wildman–Crippen LogP) is 3.22. The van der Waals surface area contributed by atoms with E-state index >= 15 is 0 Å². The molecule has 0 aliphatic carbocycles. The van der Waals surface area contributed by atoms with E-state index in [2.05, 4.69) is 26.3 Å². The number of likely N-dealkylation sites (tertiary alicyclic amines) is 1. The van der Waals surface area contributed by atoms with Crippen molar-refractivity contribution in [1.82, 2.24) is 14.9 Å². The van der Waals surface area contributed by atoms with Crippen molar-refractivity contribution in [2.75, 3.05) is 31.6 Å². The quantitative estimate of drug-likeness (QED) is 0.925. The highest BCUT2D eigenvalue weighted by molar-refractivity contribution is 5.43. The lowest BCUT2D eigenvalue weighted by Crippen LogP contribution is -2.51. The van der Waals surface area contributed by atoms with Crippen molar-refractivity contribution in [3.05, 3.63) is 48.3 Å². The monoisotopic (exact) mass is 342 g/mol. The number of hydrogen-bond acceptors (Lipinski definition) is 5. The Hall–Kier alpha value is -2.21. The second-order valence-electron chi connectivity index (χ2n) is 6.83. The van der Waals surface area contributed by atoms with Gasteiger partial charge in [0.15, 0.2) is 0 Å². The smallest absolute Gasteiger partial charge is 0.223 e. The molecule has 2 aliphatic heterocycles. The van der Waals surface area contributed by atoms with Crippen LogP contribution in [0.15, 0.2) is 42.7 Å². The van der Waals surface area contributed by atoms with Gasteiger partial charge in [0, 0.05) is 44.0 Å². The summed E-state index contributed by atoms with van der Waals surface area (Å²) >= 11 is 0. The molecule has 0 bridgehead atoms. The average Bonchev–Trinajstić information content (AvgIpc) is 2.65. The number of fused-ring (bicyclic) bond motifs is 1. The first-order valence-corrected chi connectivity index (χ1v) is 8.88. The van der Waals surface area contributed by atoms with Crippen LogP contribution in [0.3, 0.4) is 0 Å². The summed E-state index contributed by atoms with van der Waals surface area (Å²) in [6, 6.07) is 10.1. The number of rotatable bonds is 4. The summed E-state index contributed by atoms with van der Waals surface area (Å²) in [6.45, 7) is 1.99. The Morgan fingerprint density at radius 3 is 2.68 bits per heavy atom. The Morgan fingerprint density at radius 1 is 1.16 bits per heavy atom. The number of aromatic nitrogens is 2. The summed E-state index contributed by atoms with van der Waals surface area (Å²) < 4.78 is 19.1. The van der Waals surface area contributed by atoms with Crippen LogP contribution < -0.4 is 10.1 Å². The highest BCUT2D eigenvalue weighted by atomic mass is 19.1. The molecule has 132 valence electrons. The van der Waals surface area contributed by atoms with Crippen LogP contribution in [0.5, 0.6) is 5.75 Å². The number of ether oxygens (including phenoxy) is 1. The Balaban J connectivity index is 1.57. The molecule has 6 heteroatoms. The van der Waals surface area contributed by atoms with Crippen LogP contribution in [0, 0.1) is 0 Å². The minimum Gasteiger partial charge on any atom is -0.487 e. The Labute approximate surface area is 147 Å². The van der Waals surface area contributed by atoms with Crippen molar-refractivity contribution >= 4 is 5.95 Å². The highest BCUT2D eigenvalue weighted by Gasteiger charge is 2.43. The topological polar surface area (TPSA) is 50.3 Å². The van der Waals surface area contributed by atoms with Gasteiger partial charge in [-0.1, -0.05) is 18.2 Å². The lowest BCUT2D eigenvalue weighted by molar-refractivity contribution is -0.0207. The summed E-state index contributed by atoms with van der Waals surface area (Å²) in [7, 11) is 0. The van der Waals surface area contributed by atoms with Gasteiger partial charge in [0.25, 0.3) is 0 Å². The van der Waals surface area contributed by atoms with Crippen molar-refractivity contribution in [2.45, 2.75) is 30.9 Å². The molecule has 3 heterocycles. The van der Waals surface area contributed by atoms with E-state index in [9.17, 15) is 4.39 Å². The third-order valence-electron chi connectivity index (χ3n) is 5.23. The molecule has 1 aromatic heterocycles. The molecule has 0 unspecified atom stereocenters. The number of para-hydroxylation sites is 1. The van der Waals surface area contributed by atoms with E-state index in [0.29, 0.717) is 12.5 Å². The van der Waals surface area contributed by atoms with Crippen LogP contribution in [-0.4, -0.2) is 46.8 Å². The molecule has 0 radical (unpaired) electrons. The van der Waals surface area contributed by atoms with E-state index in [0.717, 1.165) is 43.7 Å². The van der Waals surface area contributed by atoms with Crippen molar-refractivity contribution in [1.29, 1.82) is 0 Å². The van der Waals surface area contributed by atoms with E-state index in [1.165, 1.54) is 0 Å². The molecule has 1 saturated heterocycles. The van der Waals surface area contributed by atoms with Gasteiger partial charge in [-0.3, -0.25) is 0 Å². The average molecular weight is 342 g/mol. The molecule has 0 saturated carbocycles. The van der Waals surface area contributed by atoms with Crippen molar-refractivity contribution < 1.29 is 9.13 Å². The van der Waals surface area contributed by atoms with Gasteiger partial charge in [0.1, 0.15) is 18.0 Å². The molecule has 0 amide bonds. The van der Waals surface area contributed by atoms with Crippen LogP contribution in [0.2, 0.25) is 0 Å². The Morgan fingerprint density at radius 2 is 1.92 bits per heavy atom. The number of alkyl halides is 1. The lowest BCUT2D eigenvalue weighted by atomic mass is 9.80. The van der Waals surface area contributed by atoms with Gasteiger partial charge in [-0.2, -0.15) is 0 Å². The lowest BCUT2D eigenvalue weighted by Gasteiger charge is -2.47. The maximum atomic E-state index is 12.6. The predicted molar refractivity (Wildman–Crippen MR) is 94.5 cm³/mol. The third-order valence-corrected chi connectivity index (χ3v) is 5.23. The largest absolute Gasteiger partial charge is 0.487 e. The maximum Gasteiger partial charge on any atom is 0.223 e. The molecule has 2 aliphatic rings. The fraction of sp³-hybridized carbons (Fsp3) is 0.474. The fourth-order valence-electron chi connectivity index (χ4n) is 3.89. The van der Waals surface area contributed by atoms with Crippen LogP contribution >= 0.6 is 0 Å². The first-order chi connectivity index (χ1) is 12.3. The first-order valence-electron chi connectivity index (χ1n) is 8.88. The number of nitrogens with zero attached hydrogens (tertiary/aromatic N) is 3. The number of anilines is 1. The van der Waals surface area contributed by atoms with Crippen molar-refractivity contribution in [3.8, 4) is 5.75 Å². The highest BCUT2D eigenvalue weighted by Crippen LogP contribution is 2.45. The SMILES string of the molecule is FCCN1CCC2(CC1)C[C@@H](Nc1ncccn1)c1ccccc1O2. The summed E-state index contributed by atoms with van der Waals surface area (Å²) in [4.78, 5) is 10.8. The molecule has 5 nitrogen and oxygen atoms in total. The summed E-state index contributed by atoms with van der Waals surface area (Å²) in [5.74, 6) is 1.57. The van der Waals surface area contributed by atoms with Crippen LogP contribution in [-0.2, 0) is 0 Å². The first kappa shape index (κ1) is 16.3. The van der Waals surface area contributed by atoms with Gasteiger partial charge < -0.3 is 15.0 Å². The summed E-state index contributed by atoms with van der Waals surface area (Å²) in [6.07, 6.45) is 6.17. The maximum absolute atomic E-state index is 12.6. The molecule has 1 atom stereocenters. The molecule has 4 rings (SSSR count). The second-order valence-corrected chi connectivity index (χ2v) is 6.83. The molecule has 1 aromatic carbocycles. The number of piperidine rings is 1. The molecule has 2 aromatic rings. The normalized spacial score (nSPS) is 22.2. The summed E-state index contributed by atoms with van der Waals surface area (Å²) in [5, 5.41) is 3.47. The van der Waals surface area contributed by atoms with Gasteiger partial charge in [-0.15, -0.1) is 0 Å². The molecule has 1 spiro atoms. The zero-order valence-electron chi connectivity index (χ0n) is 14.2. The summed E-state index contributed by atoms with van der Waals surface area (Å²) in [5.41, 5.74) is 0.944. The minimum atomic E-state index is -0.285. The zero-order chi connectivity index (χ0) is 17.1. The van der Waals surface area contributed by atoms with Gasteiger partial charge >= 0.3 is 0 Å². The Kier molecular flexibility index (Phi) is 4.53. The minimum absolute atomic E-state index is 0.111. The number of halogens is 1. The van der Waals surface area contributed by atoms with Crippen molar-refractivity contribution in [2.24, 2.45) is 0 Å². The molecule has 25 heavy (non-hydrogen) atoms. The number of benzene rings is 1. The molecular formula is C19H23FN4O. The van der Waals surface area contributed by atoms with Gasteiger partial charge in [0.2, 0.25) is 5.95 Å². The van der Waals surface area contributed by atoms with E-state index in [1.807, 2.05) is 24.3 Å². The van der Waals surface area contributed by atoms with Gasteiger partial charge in [0.05, 0.1) is 6.04 Å². The van der Waals surface area contributed by atoms with Crippen molar-refractivity contribution in [3.63, 3.8) is 0 Å².